The maximum atomic E-state index is 12.2. The van der Waals surface area contributed by atoms with Crippen molar-refractivity contribution >= 4 is 26.6 Å². The van der Waals surface area contributed by atoms with E-state index >= 15 is 0 Å². The van der Waals surface area contributed by atoms with Crippen molar-refractivity contribution in [3.05, 3.63) is 54.6 Å². The average molecular weight is 591 g/mol. The molecular formula is C26H40NO7S2Ti. The predicted octanol–water partition coefficient (Wildman–Crippen LogP) is 4.84. The molecule has 0 aromatic heterocycles. The summed E-state index contributed by atoms with van der Waals surface area (Å²) in [6, 6.07) is 13.8. The summed E-state index contributed by atoms with van der Waals surface area (Å²) < 4.78 is 53.3. The summed E-state index contributed by atoms with van der Waals surface area (Å²) in [7, 11) is -3.90. The van der Waals surface area contributed by atoms with E-state index in [0.717, 1.165) is 39.7 Å². The van der Waals surface area contributed by atoms with Crippen LogP contribution in [0.4, 0.5) is 5.69 Å². The van der Waals surface area contributed by atoms with E-state index < -0.39 is 32.5 Å². The number of nitrogen functional groups attached to an aromatic ring is 1. The van der Waals surface area contributed by atoms with Gasteiger partial charge in [-0.1, -0.05) is 89.3 Å². The molecule has 0 fully saturated rings. The van der Waals surface area contributed by atoms with Crippen molar-refractivity contribution in [1.29, 1.82) is 0 Å². The second-order valence-electron chi connectivity index (χ2n) is 8.59. The van der Waals surface area contributed by atoms with Crippen LogP contribution in [0, 0.1) is 0 Å². The van der Waals surface area contributed by atoms with Gasteiger partial charge in [0, 0.05) is 10.6 Å². The van der Waals surface area contributed by atoms with Crippen LogP contribution in [-0.4, -0.2) is 38.9 Å². The van der Waals surface area contributed by atoms with Crippen molar-refractivity contribution in [2.24, 2.45) is 0 Å². The Hall–Kier alpha value is -1.27. The zero-order valence-corrected chi connectivity index (χ0v) is 24.7. The third-order valence-electron chi connectivity index (χ3n) is 5.64. The fourth-order valence-corrected chi connectivity index (χ4v) is 5.24. The van der Waals surface area contributed by atoms with E-state index in [1.807, 2.05) is 0 Å². The summed E-state index contributed by atoms with van der Waals surface area (Å²) in [6.07, 6.45) is 10.8. The number of hydrogen-bond donors (Lipinski definition) is 3. The van der Waals surface area contributed by atoms with Crippen LogP contribution in [0.3, 0.4) is 0 Å². The molecule has 2 aromatic rings. The van der Waals surface area contributed by atoms with Crippen LogP contribution in [0.25, 0.3) is 0 Å². The molecule has 0 aliphatic rings. The molecule has 0 aliphatic carbocycles. The molecule has 11 heteroatoms. The van der Waals surface area contributed by atoms with E-state index in [0.29, 0.717) is 12.1 Å². The molecule has 0 radical (unpaired) electrons. The second kappa shape index (κ2) is 21.6. The topological polar surface area (TPSA) is 158 Å². The first-order valence-corrected chi connectivity index (χ1v) is 15.8. The number of hydrogen-bond acceptors (Lipinski definition) is 8. The molecule has 207 valence electrons. The molecular weight excluding hydrogens is 550 g/mol. The van der Waals surface area contributed by atoms with Gasteiger partial charge in [0.1, 0.15) is 0 Å². The fourth-order valence-electron chi connectivity index (χ4n) is 3.52. The number of benzene rings is 2. The van der Waals surface area contributed by atoms with Crippen LogP contribution >= 0.6 is 0 Å². The van der Waals surface area contributed by atoms with Crippen LogP contribution in [0.5, 0.6) is 0 Å². The number of aliphatic hydroxyl groups is 2. The van der Waals surface area contributed by atoms with E-state index in [1.165, 1.54) is 69.2 Å². The first kappa shape index (κ1) is 35.7. The van der Waals surface area contributed by atoms with Gasteiger partial charge in [-0.15, -0.1) is 0 Å². The van der Waals surface area contributed by atoms with Crippen molar-refractivity contribution in [3.8, 4) is 0 Å². The summed E-state index contributed by atoms with van der Waals surface area (Å²) in [4.78, 5) is 0.304. The molecule has 3 unspecified atom stereocenters. The summed E-state index contributed by atoms with van der Waals surface area (Å²) in [5.74, 6) is 0. The van der Waals surface area contributed by atoms with Gasteiger partial charge >= 0.3 is 23.7 Å². The van der Waals surface area contributed by atoms with Gasteiger partial charge in [0.25, 0.3) is 0 Å². The Morgan fingerprint density at radius 3 is 1.76 bits per heavy atom. The van der Waals surface area contributed by atoms with Gasteiger partial charge in [0.2, 0.25) is 9.84 Å². The van der Waals surface area contributed by atoms with Crippen LogP contribution in [-0.2, 0) is 44.6 Å². The first-order valence-electron chi connectivity index (χ1n) is 12.5. The fraction of sp³-hybridized carbons (Fsp3) is 0.538. The Morgan fingerprint density at radius 2 is 1.30 bits per heavy atom. The molecule has 4 N–H and O–H groups in total. The van der Waals surface area contributed by atoms with E-state index in [1.54, 1.807) is 30.3 Å². The number of nitrogens with two attached hydrogens (primary N) is 1. The summed E-state index contributed by atoms with van der Waals surface area (Å²) in [6.45, 7) is 2.22. The Morgan fingerprint density at radius 1 is 0.838 bits per heavy atom. The van der Waals surface area contributed by atoms with Crippen molar-refractivity contribution in [1.82, 2.24) is 0 Å². The van der Waals surface area contributed by atoms with Gasteiger partial charge in [0.05, 0.1) is 11.0 Å². The Balaban J connectivity index is 0.000000894. The zero-order chi connectivity index (χ0) is 28.1. The summed E-state index contributed by atoms with van der Waals surface area (Å²) >= 11 is -1.39. The quantitative estimate of drug-likeness (QED) is 0.115. The van der Waals surface area contributed by atoms with E-state index in [4.69, 9.17) is 9.06 Å². The number of sulfone groups is 1. The van der Waals surface area contributed by atoms with Gasteiger partial charge in [-0.2, -0.15) is 0 Å². The van der Waals surface area contributed by atoms with Crippen molar-refractivity contribution in [2.75, 3.05) is 5.73 Å². The monoisotopic (exact) mass is 590 g/mol. The molecule has 0 heterocycles. The molecule has 8 nitrogen and oxygen atoms in total. The molecule has 0 bridgehead atoms. The molecule has 0 saturated carbocycles. The van der Waals surface area contributed by atoms with E-state index in [9.17, 15) is 27.4 Å². The van der Waals surface area contributed by atoms with Gasteiger partial charge in [-0.05, 0) is 53.9 Å². The SMILES string of the molecule is CCCCCCCCCCCCC(O)C(O)S(=O)(=O)c1ccccc1.Nc1ccc(S(=O)[O-])cc1.[O]=[Ti+]. The van der Waals surface area contributed by atoms with Gasteiger partial charge < -0.3 is 20.5 Å². The molecule has 0 saturated heterocycles. The molecule has 2 aromatic carbocycles. The number of unbranched alkanes of at least 4 members (excludes halogenated alkanes) is 9. The van der Waals surface area contributed by atoms with E-state index in [2.05, 4.69) is 6.92 Å². The molecule has 37 heavy (non-hydrogen) atoms. The Kier molecular flexibility index (Phi) is 20.9. The minimum absolute atomic E-state index is 0.0459. The minimum atomic E-state index is -3.90. The first-order chi connectivity index (χ1) is 17.7. The summed E-state index contributed by atoms with van der Waals surface area (Å²) in [5.41, 5.74) is 4.13. The van der Waals surface area contributed by atoms with Crippen LogP contribution in [0.1, 0.15) is 77.6 Å². The molecule has 2 rings (SSSR count). The van der Waals surface area contributed by atoms with Crippen LogP contribution < -0.4 is 5.73 Å². The van der Waals surface area contributed by atoms with Gasteiger partial charge in [0.15, 0.2) is 5.44 Å². The van der Waals surface area contributed by atoms with Crippen molar-refractivity contribution in [2.45, 2.75) is 98.9 Å². The molecule has 0 aliphatic heterocycles. The summed E-state index contributed by atoms with van der Waals surface area (Å²) in [5, 5.41) is 20.0. The Bertz CT molecular complexity index is 961. The van der Waals surface area contributed by atoms with Crippen molar-refractivity contribution < 1.29 is 51.1 Å². The van der Waals surface area contributed by atoms with Crippen LogP contribution in [0.15, 0.2) is 64.4 Å². The second-order valence-corrected chi connectivity index (χ2v) is 11.6. The average Bonchev–Trinajstić information content (AvgIpc) is 2.91. The Labute approximate surface area is 236 Å². The molecule has 3 atom stereocenters. The third kappa shape index (κ3) is 15.7. The van der Waals surface area contributed by atoms with Crippen LogP contribution in [0.2, 0.25) is 0 Å². The number of anilines is 1. The van der Waals surface area contributed by atoms with Gasteiger partial charge in [-0.3, -0.25) is 4.21 Å². The predicted molar refractivity (Wildman–Crippen MR) is 141 cm³/mol. The normalized spacial score (nSPS) is 13.4. The maximum absolute atomic E-state index is 12.2. The van der Waals surface area contributed by atoms with Gasteiger partial charge in [-0.25, -0.2) is 8.42 Å². The zero-order valence-electron chi connectivity index (χ0n) is 21.5. The molecule has 0 spiro atoms. The van der Waals surface area contributed by atoms with E-state index in [-0.39, 0.29) is 9.79 Å². The number of aliphatic hydroxyl groups excluding tert-OH is 2. The molecule has 0 amide bonds. The van der Waals surface area contributed by atoms with Crippen molar-refractivity contribution in [3.63, 3.8) is 0 Å². The standard InChI is InChI=1S/C20H34O4S.C6H7NO2S.O.Ti/c1-2-3-4-5-6-7-8-9-10-14-17-19(21)20(22)25(23,24)18-15-12-11-13-16-18;7-5-1-3-6(4-2-5)10(8)9;;/h11-13,15-16,19-22H,2-10,14,17H2,1H3;1-4H,7H2,(H,8,9);;/q;;;+1/p-1. The third-order valence-corrected chi connectivity index (χ3v) is 8.18. The number of rotatable bonds is 15.